The average Bonchev–Trinajstić information content (AvgIpc) is 3.31. The van der Waals surface area contributed by atoms with Crippen molar-refractivity contribution in [3.05, 3.63) is 28.8 Å². The van der Waals surface area contributed by atoms with E-state index in [2.05, 4.69) is 29.4 Å². The van der Waals surface area contributed by atoms with E-state index in [1.807, 2.05) is 6.07 Å². The van der Waals surface area contributed by atoms with Crippen LogP contribution in [0.1, 0.15) is 50.5 Å². The molecule has 0 radical (unpaired) electrons. The first-order valence-electron chi connectivity index (χ1n) is 8.46. The van der Waals surface area contributed by atoms with Gasteiger partial charge in [0.1, 0.15) is 0 Å². The summed E-state index contributed by atoms with van der Waals surface area (Å²) in [7, 11) is 2.22. The van der Waals surface area contributed by atoms with Crippen LogP contribution >= 0.6 is 11.6 Å². The molecular weight excluding hydrogens is 280 g/mol. The van der Waals surface area contributed by atoms with Gasteiger partial charge in [-0.2, -0.15) is 0 Å². The van der Waals surface area contributed by atoms with Crippen molar-refractivity contribution in [2.45, 2.75) is 57.5 Å². The van der Waals surface area contributed by atoms with E-state index in [-0.39, 0.29) is 0 Å². The van der Waals surface area contributed by atoms with E-state index in [0.717, 1.165) is 30.1 Å². The van der Waals surface area contributed by atoms with E-state index in [4.69, 9.17) is 11.6 Å². The van der Waals surface area contributed by atoms with Crippen LogP contribution in [0.3, 0.4) is 0 Å². The van der Waals surface area contributed by atoms with Crippen molar-refractivity contribution in [2.75, 3.05) is 18.5 Å². The molecule has 0 atom stereocenters. The highest BCUT2D eigenvalue weighted by molar-refractivity contribution is 6.31. The average molecular weight is 307 g/mol. The lowest BCUT2D eigenvalue weighted by atomic mass is 9.89. The minimum absolute atomic E-state index is 0.720. The van der Waals surface area contributed by atoms with Crippen LogP contribution in [0.5, 0.6) is 0 Å². The van der Waals surface area contributed by atoms with Gasteiger partial charge in [0, 0.05) is 42.5 Å². The van der Waals surface area contributed by atoms with Crippen molar-refractivity contribution in [1.29, 1.82) is 0 Å². The molecule has 1 aromatic rings. The zero-order chi connectivity index (χ0) is 14.7. The molecule has 0 spiro atoms. The number of rotatable bonds is 6. The summed E-state index contributed by atoms with van der Waals surface area (Å²) in [6.07, 6.45) is 9.65. The number of benzene rings is 1. The van der Waals surface area contributed by atoms with E-state index in [9.17, 15) is 0 Å². The van der Waals surface area contributed by atoms with Crippen molar-refractivity contribution in [1.82, 2.24) is 5.32 Å². The quantitative estimate of drug-likeness (QED) is 0.825. The lowest BCUT2D eigenvalue weighted by molar-refractivity contribution is 0.362. The Morgan fingerprint density at radius 1 is 1.14 bits per heavy atom. The molecule has 0 aliphatic heterocycles. The zero-order valence-corrected chi connectivity index (χ0v) is 13.8. The minimum atomic E-state index is 0.720. The van der Waals surface area contributed by atoms with Gasteiger partial charge in [-0.1, -0.05) is 36.9 Å². The van der Waals surface area contributed by atoms with Gasteiger partial charge >= 0.3 is 0 Å². The van der Waals surface area contributed by atoms with Gasteiger partial charge in [0.25, 0.3) is 0 Å². The third-order valence-corrected chi connectivity index (χ3v) is 5.26. The Morgan fingerprint density at radius 2 is 1.90 bits per heavy atom. The molecule has 3 heteroatoms. The summed E-state index contributed by atoms with van der Waals surface area (Å²) in [5.74, 6) is 0.854. The van der Waals surface area contributed by atoms with Crippen LogP contribution in [0.2, 0.25) is 5.02 Å². The van der Waals surface area contributed by atoms with Crippen molar-refractivity contribution in [3.8, 4) is 0 Å². The maximum Gasteiger partial charge on any atom is 0.0471 e. The topological polar surface area (TPSA) is 15.3 Å². The molecule has 1 aromatic carbocycles. The monoisotopic (exact) mass is 306 g/mol. The van der Waals surface area contributed by atoms with Gasteiger partial charge in [0.05, 0.1) is 0 Å². The second kappa shape index (κ2) is 7.02. The number of hydrogen-bond donors (Lipinski definition) is 1. The number of nitrogens with one attached hydrogen (secondary N) is 1. The minimum Gasteiger partial charge on any atom is -0.374 e. The Balaban J connectivity index is 1.67. The smallest absolute Gasteiger partial charge is 0.0471 e. The van der Waals surface area contributed by atoms with Crippen molar-refractivity contribution < 1.29 is 0 Å². The molecule has 0 bridgehead atoms. The van der Waals surface area contributed by atoms with Gasteiger partial charge in [0.15, 0.2) is 0 Å². The summed E-state index contributed by atoms with van der Waals surface area (Å²) in [5, 5.41) is 4.50. The van der Waals surface area contributed by atoms with Crippen LogP contribution in [-0.2, 0) is 6.54 Å². The second-order valence-corrected chi connectivity index (χ2v) is 7.18. The number of anilines is 1. The predicted octanol–water partition coefficient (Wildman–Crippen LogP) is 4.61. The summed E-state index contributed by atoms with van der Waals surface area (Å²) < 4.78 is 0. The highest BCUT2D eigenvalue weighted by atomic mass is 35.5. The Kier molecular flexibility index (Phi) is 5.07. The molecule has 2 aliphatic carbocycles. The lowest BCUT2D eigenvalue weighted by Gasteiger charge is -2.30. The molecule has 21 heavy (non-hydrogen) atoms. The standard InChI is InChI=1S/C18H27ClN2/c1-21(13-14-6-3-2-4-7-14)18-9-5-8-17(19)16(18)12-20-15-10-11-15/h5,8-9,14-15,20H,2-4,6-7,10-13H2,1H3. The van der Waals surface area contributed by atoms with Gasteiger partial charge in [-0.25, -0.2) is 0 Å². The van der Waals surface area contributed by atoms with Gasteiger partial charge < -0.3 is 10.2 Å². The summed E-state index contributed by atoms with van der Waals surface area (Å²) in [6.45, 7) is 2.06. The molecule has 0 aromatic heterocycles. The van der Waals surface area contributed by atoms with E-state index < -0.39 is 0 Å². The predicted molar refractivity (Wildman–Crippen MR) is 91.2 cm³/mol. The van der Waals surface area contributed by atoms with Crippen LogP contribution in [0.15, 0.2) is 18.2 Å². The zero-order valence-electron chi connectivity index (χ0n) is 13.1. The van der Waals surface area contributed by atoms with Crippen LogP contribution in [0.4, 0.5) is 5.69 Å². The number of halogens is 1. The molecule has 2 nitrogen and oxygen atoms in total. The summed E-state index contributed by atoms with van der Waals surface area (Å²) in [5.41, 5.74) is 2.57. The van der Waals surface area contributed by atoms with Gasteiger partial charge in [-0.15, -0.1) is 0 Å². The summed E-state index contributed by atoms with van der Waals surface area (Å²) >= 11 is 6.45. The molecule has 1 N–H and O–H groups in total. The fraction of sp³-hybridized carbons (Fsp3) is 0.667. The number of nitrogens with zero attached hydrogens (tertiary/aromatic N) is 1. The fourth-order valence-corrected chi connectivity index (χ4v) is 3.71. The molecule has 2 aliphatic rings. The van der Waals surface area contributed by atoms with Crippen LogP contribution < -0.4 is 10.2 Å². The molecule has 116 valence electrons. The molecular formula is C18H27ClN2. The van der Waals surface area contributed by atoms with E-state index >= 15 is 0 Å². The Labute approximate surface area is 133 Å². The summed E-state index contributed by atoms with van der Waals surface area (Å²) in [6, 6.07) is 7.04. The normalized spacial score (nSPS) is 19.7. The Bertz CT molecular complexity index is 464. The third-order valence-electron chi connectivity index (χ3n) is 4.91. The fourth-order valence-electron chi connectivity index (χ4n) is 3.47. The van der Waals surface area contributed by atoms with Crippen molar-refractivity contribution in [3.63, 3.8) is 0 Å². The van der Waals surface area contributed by atoms with E-state index in [0.29, 0.717) is 0 Å². The molecule has 0 saturated heterocycles. The SMILES string of the molecule is CN(CC1CCCCC1)c1cccc(Cl)c1CNC1CC1. The van der Waals surface area contributed by atoms with Crippen LogP contribution in [0.25, 0.3) is 0 Å². The molecule has 3 rings (SSSR count). The molecule has 0 unspecified atom stereocenters. The first-order valence-corrected chi connectivity index (χ1v) is 8.84. The van der Waals surface area contributed by atoms with Crippen LogP contribution in [-0.4, -0.2) is 19.6 Å². The largest absolute Gasteiger partial charge is 0.374 e. The van der Waals surface area contributed by atoms with Gasteiger partial charge in [0.2, 0.25) is 0 Å². The van der Waals surface area contributed by atoms with E-state index in [1.165, 1.54) is 56.2 Å². The van der Waals surface area contributed by atoms with Crippen molar-refractivity contribution in [2.24, 2.45) is 5.92 Å². The van der Waals surface area contributed by atoms with Crippen LogP contribution in [0, 0.1) is 5.92 Å². The first-order chi connectivity index (χ1) is 10.2. The molecule has 0 amide bonds. The van der Waals surface area contributed by atoms with E-state index in [1.54, 1.807) is 0 Å². The molecule has 2 fully saturated rings. The highest BCUT2D eigenvalue weighted by Gasteiger charge is 2.22. The lowest BCUT2D eigenvalue weighted by Crippen LogP contribution is -2.28. The third kappa shape index (κ3) is 4.14. The number of hydrogen-bond acceptors (Lipinski definition) is 2. The second-order valence-electron chi connectivity index (χ2n) is 6.78. The highest BCUT2D eigenvalue weighted by Crippen LogP contribution is 2.31. The van der Waals surface area contributed by atoms with Gasteiger partial charge in [-0.05, 0) is 43.7 Å². The first kappa shape index (κ1) is 15.2. The Morgan fingerprint density at radius 3 is 2.62 bits per heavy atom. The maximum absolute atomic E-state index is 6.45. The Hall–Kier alpha value is -0.730. The molecule has 2 saturated carbocycles. The van der Waals surface area contributed by atoms with Crippen molar-refractivity contribution >= 4 is 17.3 Å². The van der Waals surface area contributed by atoms with Gasteiger partial charge in [-0.3, -0.25) is 0 Å². The summed E-state index contributed by atoms with van der Waals surface area (Å²) in [4.78, 5) is 2.42. The molecule has 0 heterocycles. The maximum atomic E-state index is 6.45.